The van der Waals surface area contributed by atoms with Gasteiger partial charge in [-0.25, -0.2) is 0 Å². The first-order chi connectivity index (χ1) is 11.2. The minimum atomic E-state index is 0.123. The van der Waals surface area contributed by atoms with Crippen molar-refractivity contribution in [3.05, 3.63) is 65.5 Å². The van der Waals surface area contributed by atoms with Crippen molar-refractivity contribution in [3.8, 4) is 0 Å². The highest BCUT2D eigenvalue weighted by Crippen LogP contribution is 2.21. The molecule has 0 bridgehead atoms. The fourth-order valence-corrected chi connectivity index (χ4v) is 3.09. The first kappa shape index (κ1) is 15.7. The van der Waals surface area contributed by atoms with Crippen molar-refractivity contribution in [1.29, 1.82) is 0 Å². The molecule has 1 aliphatic rings. The van der Waals surface area contributed by atoms with Gasteiger partial charge in [0.1, 0.15) is 0 Å². The molecule has 0 saturated heterocycles. The van der Waals surface area contributed by atoms with Gasteiger partial charge in [0.05, 0.1) is 0 Å². The molecule has 23 heavy (non-hydrogen) atoms. The molecular weight excluding hydrogens is 286 g/mol. The van der Waals surface area contributed by atoms with Crippen LogP contribution in [0.1, 0.15) is 30.0 Å². The van der Waals surface area contributed by atoms with E-state index in [1.165, 1.54) is 11.1 Å². The van der Waals surface area contributed by atoms with Crippen LogP contribution in [0.15, 0.2) is 48.8 Å². The second-order valence-electron chi connectivity index (χ2n) is 6.26. The maximum Gasteiger partial charge on any atom is 0.221 e. The van der Waals surface area contributed by atoms with Gasteiger partial charge in [0.2, 0.25) is 5.91 Å². The number of carbonyl (C=O) groups is 1. The number of hydrogen-bond acceptors (Lipinski definition) is 3. The van der Waals surface area contributed by atoms with Crippen LogP contribution >= 0.6 is 0 Å². The van der Waals surface area contributed by atoms with E-state index in [-0.39, 0.29) is 11.9 Å². The lowest BCUT2D eigenvalue weighted by molar-refractivity contribution is -0.122. The summed E-state index contributed by atoms with van der Waals surface area (Å²) in [6, 6.07) is 12.6. The second-order valence-corrected chi connectivity index (χ2v) is 6.26. The van der Waals surface area contributed by atoms with Crippen molar-refractivity contribution in [3.63, 3.8) is 0 Å². The maximum absolute atomic E-state index is 12.1. The first-order valence-electron chi connectivity index (χ1n) is 8.18. The van der Waals surface area contributed by atoms with Gasteiger partial charge in [-0.2, -0.15) is 0 Å². The highest BCUT2D eigenvalue weighted by Gasteiger charge is 2.18. The van der Waals surface area contributed by atoms with Crippen LogP contribution in [0.25, 0.3) is 0 Å². The first-order valence-corrected chi connectivity index (χ1v) is 8.18. The van der Waals surface area contributed by atoms with Crippen molar-refractivity contribution < 1.29 is 4.79 Å². The van der Waals surface area contributed by atoms with Crippen LogP contribution in [0.5, 0.6) is 0 Å². The lowest BCUT2D eigenvalue weighted by Gasteiger charge is -2.17. The van der Waals surface area contributed by atoms with Gasteiger partial charge < -0.3 is 5.32 Å². The van der Waals surface area contributed by atoms with E-state index in [9.17, 15) is 4.79 Å². The van der Waals surface area contributed by atoms with E-state index in [1.807, 2.05) is 25.3 Å². The van der Waals surface area contributed by atoms with Crippen LogP contribution in [0.2, 0.25) is 0 Å². The highest BCUT2D eigenvalue weighted by atomic mass is 16.1. The molecule has 0 unspecified atom stereocenters. The molecule has 4 nitrogen and oxygen atoms in total. The molecule has 0 radical (unpaired) electrons. The van der Waals surface area contributed by atoms with Crippen molar-refractivity contribution in [2.75, 3.05) is 6.54 Å². The molecule has 2 heterocycles. The number of fused-ring (bicyclic) bond motifs is 1. The van der Waals surface area contributed by atoms with Crippen LogP contribution in [0.4, 0.5) is 0 Å². The van der Waals surface area contributed by atoms with Crippen molar-refractivity contribution in [1.82, 2.24) is 15.2 Å². The van der Waals surface area contributed by atoms with Gasteiger partial charge in [-0.1, -0.05) is 30.3 Å². The summed E-state index contributed by atoms with van der Waals surface area (Å²) < 4.78 is 0. The van der Waals surface area contributed by atoms with Gasteiger partial charge >= 0.3 is 0 Å². The van der Waals surface area contributed by atoms with Gasteiger partial charge in [0.15, 0.2) is 0 Å². The molecule has 1 aliphatic heterocycles. The number of aromatic nitrogens is 1. The lowest BCUT2D eigenvalue weighted by Crippen LogP contribution is -2.36. The van der Waals surface area contributed by atoms with Crippen LogP contribution in [0.3, 0.4) is 0 Å². The van der Waals surface area contributed by atoms with Crippen molar-refractivity contribution >= 4 is 5.91 Å². The summed E-state index contributed by atoms with van der Waals surface area (Å²) in [5.41, 5.74) is 3.92. The van der Waals surface area contributed by atoms with Crippen LogP contribution in [0, 0.1) is 0 Å². The van der Waals surface area contributed by atoms with Crippen LogP contribution in [-0.4, -0.2) is 28.4 Å². The molecule has 3 rings (SSSR count). The number of nitrogens with one attached hydrogen (secondary N) is 1. The monoisotopic (exact) mass is 309 g/mol. The zero-order chi connectivity index (χ0) is 16.1. The Bertz CT molecular complexity index is 632. The summed E-state index contributed by atoms with van der Waals surface area (Å²) in [5.74, 6) is 0.123. The molecule has 1 aromatic heterocycles. The van der Waals surface area contributed by atoms with Crippen molar-refractivity contribution in [2.24, 2.45) is 0 Å². The zero-order valence-corrected chi connectivity index (χ0v) is 13.5. The van der Waals surface area contributed by atoms with E-state index in [1.54, 1.807) is 6.20 Å². The number of amides is 1. The number of nitrogens with zero attached hydrogens (tertiary/aromatic N) is 2. The summed E-state index contributed by atoms with van der Waals surface area (Å²) in [6.45, 7) is 4.75. The minimum absolute atomic E-state index is 0.123. The van der Waals surface area contributed by atoms with E-state index in [2.05, 4.69) is 39.5 Å². The molecule has 1 aromatic carbocycles. The fourth-order valence-electron chi connectivity index (χ4n) is 3.09. The Morgan fingerprint density at radius 3 is 2.61 bits per heavy atom. The highest BCUT2D eigenvalue weighted by molar-refractivity contribution is 5.76. The lowest BCUT2D eigenvalue weighted by atomic mass is 10.1. The van der Waals surface area contributed by atoms with E-state index in [0.717, 1.165) is 31.6 Å². The number of hydrogen-bond donors (Lipinski definition) is 1. The summed E-state index contributed by atoms with van der Waals surface area (Å²) >= 11 is 0. The quantitative estimate of drug-likeness (QED) is 0.892. The Kier molecular flexibility index (Phi) is 5.03. The number of carbonyl (C=O) groups excluding carboxylic acids is 1. The van der Waals surface area contributed by atoms with Gasteiger partial charge in [-0.3, -0.25) is 14.7 Å². The predicted octanol–water partition coefficient (Wildman–Crippen LogP) is 2.53. The van der Waals surface area contributed by atoms with Gasteiger partial charge in [0.25, 0.3) is 0 Å². The Labute approximate surface area is 137 Å². The molecule has 0 spiro atoms. The summed E-state index contributed by atoms with van der Waals surface area (Å²) in [7, 11) is 0. The molecule has 2 aromatic rings. The summed E-state index contributed by atoms with van der Waals surface area (Å²) in [6.07, 6.45) is 4.98. The number of pyridine rings is 1. The third-order valence-corrected chi connectivity index (χ3v) is 4.23. The Balaban J connectivity index is 1.40. The van der Waals surface area contributed by atoms with Crippen molar-refractivity contribution in [2.45, 2.75) is 38.9 Å². The standard InChI is InChI=1S/C19H23N3O/c1-15(11-16-5-4-9-20-12-16)21-19(23)8-10-22-13-17-6-2-3-7-18(17)14-22/h2-7,9,12,15H,8,10-11,13-14H2,1H3,(H,21,23)/t15-/m0/s1. The maximum atomic E-state index is 12.1. The average Bonchev–Trinajstić information content (AvgIpc) is 2.96. The third-order valence-electron chi connectivity index (χ3n) is 4.23. The SMILES string of the molecule is C[C@@H](Cc1cccnc1)NC(=O)CCN1Cc2ccccc2C1. The Morgan fingerprint density at radius 2 is 1.96 bits per heavy atom. The minimum Gasteiger partial charge on any atom is -0.353 e. The molecule has 1 atom stereocenters. The predicted molar refractivity (Wildman–Crippen MR) is 90.7 cm³/mol. The molecule has 0 aliphatic carbocycles. The van der Waals surface area contributed by atoms with Gasteiger partial charge in [0, 0.05) is 44.5 Å². The normalized spacial score (nSPS) is 15.2. The van der Waals surface area contributed by atoms with E-state index >= 15 is 0 Å². The van der Waals surface area contributed by atoms with Gasteiger partial charge in [-0.15, -0.1) is 0 Å². The zero-order valence-electron chi connectivity index (χ0n) is 13.5. The van der Waals surface area contributed by atoms with E-state index in [4.69, 9.17) is 0 Å². The molecule has 4 heteroatoms. The molecular formula is C19H23N3O. The number of benzene rings is 1. The summed E-state index contributed by atoms with van der Waals surface area (Å²) in [5, 5.41) is 3.08. The Hall–Kier alpha value is -2.20. The van der Waals surface area contributed by atoms with Gasteiger partial charge in [-0.05, 0) is 36.1 Å². The number of rotatable bonds is 6. The fraction of sp³-hybridized carbons (Fsp3) is 0.368. The summed E-state index contributed by atoms with van der Waals surface area (Å²) in [4.78, 5) is 18.6. The van der Waals surface area contributed by atoms with Crippen LogP contribution in [-0.2, 0) is 24.3 Å². The van der Waals surface area contributed by atoms with E-state index in [0.29, 0.717) is 6.42 Å². The average molecular weight is 309 g/mol. The molecule has 1 amide bonds. The topological polar surface area (TPSA) is 45.2 Å². The smallest absolute Gasteiger partial charge is 0.221 e. The molecule has 0 saturated carbocycles. The molecule has 0 fully saturated rings. The van der Waals surface area contributed by atoms with Crippen LogP contribution < -0.4 is 5.32 Å². The van der Waals surface area contributed by atoms with E-state index < -0.39 is 0 Å². The largest absolute Gasteiger partial charge is 0.353 e. The third kappa shape index (κ3) is 4.39. The molecule has 120 valence electrons. The Morgan fingerprint density at radius 1 is 1.22 bits per heavy atom. The molecule has 1 N–H and O–H groups in total. The second kappa shape index (κ2) is 7.38.